The highest BCUT2D eigenvalue weighted by Crippen LogP contribution is 2.16. The molecule has 0 radical (unpaired) electrons. The molecule has 2 aromatic rings. The maximum Gasteiger partial charge on any atom is 0.337 e. The Morgan fingerprint density at radius 3 is 2.48 bits per heavy atom. The van der Waals surface area contributed by atoms with Crippen LogP contribution in [-0.4, -0.2) is 37.3 Å². The van der Waals surface area contributed by atoms with E-state index in [2.05, 4.69) is 9.84 Å². The van der Waals surface area contributed by atoms with Crippen molar-refractivity contribution in [2.24, 2.45) is 5.10 Å². The van der Waals surface area contributed by atoms with Gasteiger partial charge in [-0.2, -0.15) is 5.10 Å². The molecule has 2 aromatic carbocycles. The van der Waals surface area contributed by atoms with Gasteiger partial charge in [0.2, 0.25) is 0 Å². The third kappa shape index (κ3) is 4.39. The third-order valence-electron chi connectivity index (χ3n) is 3.25. The number of esters is 1. The van der Waals surface area contributed by atoms with Gasteiger partial charge < -0.3 is 4.74 Å². The number of rotatable bonds is 4. The number of hydrogen-bond donors (Lipinski definition) is 0. The van der Waals surface area contributed by atoms with Gasteiger partial charge in [-0.1, -0.05) is 11.6 Å². The largest absolute Gasteiger partial charge is 0.465 e. The van der Waals surface area contributed by atoms with E-state index in [9.17, 15) is 18.4 Å². The fourth-order valence-corrected chi connectivity index (χ4v) is 2.07. The summed E-state index contributed by atoms with van der Waals surface area (Å²) in [5.74, 6) is -2.90. The summed E-state index contributed by atoms with van der Waals surface area (Å²) in [7, 11) is 2.49. The molecule has 0 atom stereocenters. The topological polar surface area (TPSA) is 59.0 Å². The van der Waals surface area contributed by atoms with Crippen LogP contribution in [0, 0.1) is 11.6 Å². The minimum atomic E-state index is -0.784. The maximum atomic E-state index is 14.0. The van der Waals surface area contributed by atoms with Crippen molar-refractivity contribution in [3.8, 4) is 0 Å². The van der Waals surface area contributed by atoms with Gasteiger partial charge in [-0.05, 0) is 36.4 Å². The van der Waals surface area contributed by atoms with Crippen molar-refractivity contribution in [1.29, 1.82) is 0 Å². The van der Waals surface area contributed by atoms with E-state index >= 15 is 0 Å². The van der Waals surface area contributed by atoms with Gasteiger partial charge in [0, 0.05) is 17.6 Å². The molecule has 2 rings (SSSR count). The summed E-state index contributed by atoms with van der Waals surface area (Å²) in [4.78, 5) is 23.5. The molecule has 25 heavy (non-hydrogen) atoms. The summed E-state index contributed by atoms with van der Waals surface area (Å²) >= 11 is 5.64. The number of amides is 1. The fourth-order valence-electron chi connectivity index (χ4n) is 1.92. The Bertz CT molecular complexity index is 856. The zero-order valence-corrected chi connectivity index (χ0v) is 14.1. The number of ether oxygens (including phenoxy) is 1. The number of halogens is 3. The highest BCUT2D eigenvalue weighted by Gasteiger charge is 2.16. The molecular weight excluding hydrogens is 354 g/mol. The first-order valence-electron chi connectivity index (χ1n) is 6.98. The van der Waals surface area contributed by atoms with E-state index in [0.717, 1.165) is 23.4 Å². The van der Waals surface area contributed by atoms with Crippen LogP contribution in [0.4, 0.5) is 8.78 Å². The summed E-state index contributed by atoms with van der Waals surface area (Å²) in [5, 5.41) is 4.81. The van der Waals surface area contributed by atoms with Crippen molar-refractivity contribution in [3.63, 3.8) is 0 Å². The average Bonchev–Trinajstić information content (AvgIpc) is 2.59. The van der Waals surface area contributed by atoms with Crippen molar-refractivity contribution in [2.45, 2.75) is 0 Å². The van der Waals surface area contributed by atoms with Crippen LogP contribution in [0.25, 0.3) is 0 Å². The molecule has 0 saturated heterocycles. The van der Waals surface area contributed by atoms with Crippen LogP contribution in [0.2, 0.25) is 5.02 Å². The average molecular weight is 367 g/mol. The zero-order valence-electron chi connectivity index (χ0n) is 13.3. The number of methoxy groups -OCH3 is 1. The molecule has 0 N–H and O–H groups in total. The van der Waals surface area contributed by atoms with E-state index in [0.29, 0.717) is 0 Å². The highest BCUT2D eigenvalue weighted by atomic mass is 35.5. The van der Waals surface area contributed by atoms with Gasteiger partial charge in [-0.3, -0.25) is 4.79 Å². The predicted molar refractivity (Wildman–Crippen MR) is 88.8 cm³/mol. The van der Waals surface area contributed by atoms with Crippen molar-refractivity contribution in [3.05, 3.63) is 69.7 Å². The molecule has 1 amide bonds. The van der Waals surface area contributed by atoms with E-state index in [1.54, 1.807) is 0 Å². The smallest absolute Gasteiger partial charge is 0.337 e. The highest BCUT2D eigenvalue weighted by molar-refractivity contribution is 6.30. The molecule has 0 unspecified atom stereocenters. The molecule has 0 aromatic heterocycles. The second-order valence-electron chi connectivity index (χ2n) is 4.93. The van der Waals surface area contributed by atoms with Crippen molar-refractivity contribution >= 4 is 29.7 Å². The Hall–Kier alpha value is -2.80. The number of hydrazone groups is 1. The van der Waals surface area contributed by atoms with Crippen LogP contribution < -0.4 is 0 Å². The molecular formula is C17H13ClF2N2O3. The molecule has 0 bridgehead atoms. The van der Waals surface area contributed by atoms with Crippen LogP contribution in [0.5, 0.6) is 0 Å². The first kappa shape index (κ1) is 18.5. The normalized spacial score (nSPS) is 10.8. The molecule has 0 heterocycles. The van der Waals surface area contributed by atoms with E-state index in [-0.39, 0.29) is 21.7 Å². The molecule has 0 aliphatic rings. The van der Waals surface area contributed by atoms with Gasteiger partial charge >= 0.3 is 5.97 Å². The summed E-state index contributed by atoms with van der Waals surface area (Å²) in [6.07, 6.45) is 1.09. The van der Waals surface area contributed by atoms with E-state index < -0.39 is 23.5 Å². The lowest BCUT2D eigenvalue weighted by Crippen LogP contribution is -2.22. The summed E-state index contributed by atoms with van der Waals surface area (Å²) in [6.45, 7) is 0. The molecule has 130 valence electrons. The Morgan fingerprint density at radius 1 is 1.16 bits per heavy atom. The SMILES string of the molecule is COC(=O)c1ccc(/C=N/N(C)C(=O)c2ccc(Cl)cc2F)c(F)c1. The quantitative estimate of drug-likeness (QED) is 0.472. The van der Waals surface area contributed by atoms with Crippen molar-refractivity contribution < 1.29 is 23.1 Å². The summed E-state index contributed by atoms with van der Waals surface area (Å²) in [5.41, 5.74) is -0.126. The second-order valence-corrected chi connectivity index (χ2v) is 5.36. The number of hydrogen-bond acceptors (Lipinski definition) is 4. The van der Waals surface area contributed by atoms with Crippen LogP contribution in [0.1, 0.15) is 26.3 Å². The Balaban J connectivity index is 2.18. The van der Waals surface area contributed by atoms with E-state index in [4.69, 9.17) is 11.6 Å². The zero-order chi connectivity index (χ0) is 18.6. The predicted octanol–water partition coefficient (Wildman–Crippen LogP) is 3.51. The standard InChI is InChI=1S/C17H13ClF2N2O3/c1-22(16(23)13-6-5-12(18)8-15(13)20)21-9-11-4-3-10(7-14(11)19)17(24)25-2/h3-9H,1-2H3/b21-9+. The number of nitrogens with zero attached hydrogens (tertiary/aromatic N) is 2. The molecule has 0 saturated carbocycles. The number of carbonyl (C=O) groups excluding carboxylic acids is 2. The maximum absolute atomic E-state index is 14.0. The van der Waals surface area contributed by atoms with E-state index in [1.807, 2.05) is 0 Å². The Morgan fingerprint density at radius 2 is 1.88 bits per heavy atom. The third-order valence-corrected chi connectivity index (χ3v) is 3.48. The molecule has 8 heteroatoms. The van der Waals surface area contributed by atoms with Gasteiger partial charge in [-0.25, -0.2) is 18.6 Å². The van der Waals surface area contributed by atoms with Gasteiger partial charge in [0.15, 0.2) is 0 Å². The Kier molecular flexibility index (Phi) is 5.82. The lowest BCUT2D eigenvalue weighted by Gasteiger charge is -2.11. The van der Waals surface area contributed by atoms with Crippen LogP contribution in [0.15, 0.2) is 41.5 Å². The van der Waals surface area contributed by atoms with Gasteiger partial charge in [0.1, 0.15) is 11.6 Å². The molecule has 0 aliphatic carbocycles. The number of carbonyl (C=O) groups is 2. The van der Waals surface area contributed by atoms with Gasteiger partial charge in [0.25, 0.3) is 5.91 Å². The first-order valence-corrected chi connectivity index (χ1v) is 7.36. The van der Waals surface area contributed by atoms with Crippen molar-refractivity contribution in [2.75, 3.05) is 14.2 Å². The lowest BCUT2D eigenvalue weighted by atomic mass is 10.1. The first-order chi connectivity index (χ1) is 11.8. The lowest BCUT2D eigenvalue weighted by molar-refractivity contribution is 0.0600. The minimum Gasteiger partial charge on any atom is -0.465 e. The molecule has 5 nitrogen and oxygen atoms in total. The minimum absolute atomic E-state index is 0.0453. The van der Waals surface area contributed by atoms with Crippen molar-refractivity contribution in [1.82, 2.24) is 5.01 Å². The van der Waals surface area contributed by atoms with Crippen LogP contribution in [-0.2, 0) is 4.74 Å². The molecule has 0 aliphatic heterocycles. The summed E-state index contributed by atoms with van der Waals surface area (Å²) in [6, 6.07) is 7.28. The molecule has 0 fully saturated rings. The van der Waals surface area contributed by atoms with E-state index in [1.165, 1.54) is 38.4 Å². The number of benzene rings is 2. The second kappa shape index (κ2) is 7.85. The fraction of sp³-hybridized carbons (Fsp3) is 0.118. The van der Waals surface area contributed by atoms with Crippen LogP contribution >= 0.6 is 11.6 Å². The van der Waals surface area contributed by atoms with Gasteiger partial charge in [0.05, 0.1) is 24.5 Å². The summed E-state index contributed by atoms with van der Waals surface area (Å²) < 4.78 is 32.2. The monoisotopic (exact) mass is 366 g/mol. The van der Waals surface area contributed by atoms with Crippen LogP contribution in [0.3, 0.4) is 0 Å². The Labute approximate surface area is 147 Å². The van der Waals surface area contributed by atoms with Gasteiger partial charge in [-0.15, -0.1) is 0 Å². The molecule has 0 spiro atoms.